The first-order valence-electron chi connectivity index (χ1n) is 9.47. The maximum Gasteiger partial charge on any atom is 0.317 e. The number of aromatic nitrogens is 1. The van der Waals surface area contributed by atoms with E-state index in [2.05, 4.69) is 20.1 Å². The molecule has 2 saturated heterocycles. The molecule has 0 aromatic carbocycles. The molecule has 1 aromatic rings. The smallest absolute Gasteiger partial charge is 0.317 e. The van der Waals surface area contributed by atoms with Gasteiger partial charge in [-0.05, 0) is 32.6 Å². The van der Waals surface area contributed by atoms with E-state index in [-0.39, 0.29) is 6.03 Å². The maximum absolute atomic E-state index is 12.6. The summed E-state index contributed by atoms with van der Waals surface area (Å²) >= 11 is 1.67. The van der Waals surface area contributed by atoms with Crippen molar-refractivity contribution in [2.24, 2.45) is 0 Å². The largest absolute Gasteiger partial charge is 0.379 e. The van der Waals surface area contributed by atoms with Gasteiger partial charge in [-0.1, -0.05) is 0 Å². The predicted octanol–water partition coefficient (Wildman–Crippen LogP) is 2.28. The van der Waals surface area contributed by atoms with Crippen LogP contribution in [-0.4, -0.2) is 72.8 Å². The second-order valence-electron chi connectivity index (χ2n) is 6.93. The quantitative estimate of drug-likeness (QED) is 0.839. The Morgan fingerprint density at radius 2 is 2.20 bits per heavy atom. The Labute approximate surface area is 154 Å². The highest BCUT2D eigenvalue weighted by molar-refractivity contribution is 7.09. The van der Waals surface area contributed by atoms with E-state index in [1.54, 1.807) is 11.3 Å². The van der Waals surface area contributed by atoms with Gasteiger partial charge < -0.3 is 15.0 Å². The van der Waals surface area contributed by atoms with E-state index in [4.69, 9.17) is 4.74 Å². The predicted molar refractivity (Wildman–Crippen MR) is 100 cm³/mol. The van der Waals surface area contributed by atoms with Crippen molar-refractivity contribution in [1.82, 2.24) is 20.1 Å². The second-order valence-corrected chi connectivity index (χ2v) is 7.87. The minimum absolute atomic E-state index is 0.105. The number of nitrogens with zero attached hydrogens (tertiary/aromatic N) is 3. The lowest BCUT2D eigenvalue weighted by molar-refractivity contribution is 0.0326. The van der Waals surface area contributed by atoms with Gasteiger partial charge in [-0.25, -0.2) is 9.78 Å². The molecule has 2 fully saturated rings. The molecule has 2 aliphatic rings. The van der Waals surface area contributed by atoms with Crippen molar-refractivity contribution in [2.45, 2.75) is 45.1 Å². The molecule has 0 spiro atoms. The molecule has 2 aliphatic heterocycles. The third kappa shape index (κ3) is 5.39. The van der Waals surface area contributed by atoms with Gasteiger partial charge in [0.15, 0.2) is 0 Å². The zero-order chi connectivity index (χ0) is 17.5. The zero-order valence-corrected chi connectivity index (χ0v) is 16.0. The average molecular weight is 367 g/mol. The molecule has 3 heterocycles. The fourth-order valence-electron chi connectivity index (χ4n) is 3.68. The van der Waals surface area contributed by atoms with E-state index in [0.29, 0.717) is 12.6 Å². The number of rotatable bonds is 6. The minimum Gasteiger partial charge on any atom is -0.379 e. The van der Waals surface area contributed by atoms with Crippen LogP contribution in [0.5, 0.6) is 0 Å². The third-order valence-electron chi connectivity index (χ3n) is 5.24. The van der Waals surface area contributed by atoms with E-state index < -0.39 is 0 Å². The molecule has 1 N–H and O–H groups in total. The molecule has 3 rings (SSSR count). The number of ether oxygens (including phenoxy) is 1. The van der Waals surface area contributed by atoms with Crippen LogP contribution < -0.4 is 5.32 Å². The summed E-state index contributed by atoms with van der Waals surface area (Å²) in [6, 6.07) is 0.482. The highest BCUT2D eigenvalue weighted by Crippen LogP contribution is 2.20. The number of morpholine rings is 1. The molecule has 0 bridgehead atoms. The van der Waals surface area contributed by atoms with E-state index in [9.17, 15) is 4.79 Å². The normalized spacial score (nSPS) is 22.1. The molecule has 140 valence electrons. The fourth-order valence-corrected chi connectivity index (χ4v) is 4.46. The Bertz CT molecular complexity index is 545. The maximum atomic E-state index is 12.6. The third-order valence-corrected chi connectivity index (χ3v) is 6.24. The van der Waals surface area contributed by atoms with Crippen LogP contribution in [0, 0.1) is 6.92 Å². The van der Waals surface area contributed by atoms with Gasteiger partial charge >= 0.3 is 6.03 Å². The molecule has 0 radical (unpaired) electrons. The molecule has 2 amide bonds. The van der Waals surface area contributed by atoms with Crippen molar-refractivity contribution in [3.05, 3.63) is 16.1 Å². The van der Waals surface area contributed by atoms with Crippen LogP contribution >= 0.6 is 11.3 Å². The minimum atomic E-state index is 0.105. The summed E-state index contributed by atoms with van der Waals surface area (Å²) in [5, 5.41) is 3.12. The number of hydrogen-bond acceptors (Lipinski definition) is 5. The molecule has 6 nitrogen and oxygen atoms in total. The summed E-state index contributed by atoms with van der Waals surface area (Å²) in [7, 11) is 0. The molecule has 0 aliphatic carbocycles. The molecule has 1 atom stereocenters. The number of thiazole rings is 1. The van der Waals surface area contributed by atoms with Crippen LogP contribution in [0.25, 0.3) is 0 Å². The monoisotopic (exact) mass is 366 g/mol. The molecule has 25 heavy (non-hydrogen) atoms. The molecule has 7 heteroatoms. The average Bonchev–Trinajstić information content (AvgIpc) is 3.06. The van der Waals surface area contributed by atoms with Gasteiger partial charge in [-0.15, -0.1) is 11.3 Å². The topological polar surface area (TPSA) is 57.7 Å². The van der Waals surface area contributed by atoms with E-state index >= 15 is 0 Å². The first-order valence-corrected chi connectivity index (χ1v) is 10.4. The first-order chi connectivity index (χ1) is 12.2. The fraction of sp³-hybridized carbons (Fsp3) is 0.778. The van der Waals surface area contributed by atoms with E-state index in [0.717, 1.165) is 70.8 Å². The van der Waals surface area contributed by atoms with E-state index in [1.807, 2.05) is 12.4 Å². The van der Waals surface area contributed by atoms with Gasteiger partial charge in [0.2, 0.25) is 0 Å². The van der Waals surface area contributed by atoms with Gasteiger partial charge in [0, 0.05) is 50.1 Å². The Morgan fingerprint density at radius 1 is 1.36 bits per heavy atom. The SMILES string of the molecule is Cc1ncsc1CCNC(=O)N1CCCCC1CCN1CCOCC1. The van der Waals surface area contributed by atoms with E-state index in [1.165, 1.54) is 11.3 Å². The molecule has 1 aromatic heterocycles. The second kappa shape index (κ2) is 9.50. The molecular formula is C18H30N4O2S. The molecule has 0 saturated carbocycles. The lowest BCUT2D eigenvalue weighted by Crippen LogP contribution is -2.50. The summed E-state index contributed by atoms with van der Waals surface area (Å²) in [5.41, 5.74) is 2.96. The van der Waals surface area contributed by atoms with Crippen LogP contribution in [-0.2, 0) is 11.2 Å². The number of piperidine rings is 1. The lowest BCUT2D eigenvalue weighted by atomic mass is 9.99. The highest BCUT2D eigenvalue weighted by atomic mass is 32.1. The van der Waals surface area contributed by atoms with Crippen molar-refractivity contribution in [2.75, 3.05) is 45.9 Å². The number of nitrogens with one attached hydrogen (secondary N) is 1. The Morgan fingerprint density at radius 3 is 2.96 bits per heavy atom. The highest BCUT2D eigenvalue weighted by Gasteiger charge is 2.27. The summed E-state index contributed by atoms with van der Waals surface area (Å²) in [6.07, 6.45) is 5.43. The van der Waals surface area contributed by atoms with Crippen molar-refractivity contribution in [3.8, 4) is 0 Å². The zero-order valence-electron chi connectivity index (χ0n) is 15.2. The Kier molecular flexibility index (Phi) is 7.07. The summed E-state index contributed by atoms with van der Waals surface area (Å²) in [6.45, 7) is 8.39. The first kappa shape index (κ1) is 18.6. The van der Waals surface area contributed by atoms with Gasteiger partial charge in [-0.2, -0.15) is 0 Å². The van der Waals surface area contributed by atoms with Crippen LogP contribution in [0.1, 0.15) is 36.3 Å². The van der Waals surface area contributed by atoms with Crippen LogP contribution in [0.2, 0.25) is 0 Å². The van der Waals surface area contributed by atoms with Crippen molar-refractivity contribution < 1.29 is 9.53 Å². The van der Waals surface area contributed by atoms with Gasteiger partial charge in [0.05, 0.1) is 24.4 Å². The number of likely N-dealkylation sites (tertiary alicyclic amines) is 1. The van der Waals surface area contributed by atoms with Crippen LogP contribution in [0.3, 0.4) is 0 Å². The lowest BCUT2D eigenvalue weighted by Gasteiger charge is -2.37. The summed E-state index contributed by atoms with van der Waals surface area (Å²) in [4.78, 5) is 22.7. The van der Waals surface area contributed by atoms with Crippen molar-refractivity contribution >= 4 is 17.4 Å². The number of aryl methyl sites for hydroxylation is 1. The van der Waals surface area contributed by atoms with Gasteiger partial charge in [0.1, 0.15) is 0 Å². The summed E-state index contributed by atoms with van der Waals surface area (Å²) in [5.74, 6) is 0. The molecular weight excluding hydrogens is 336 g/mol. The van der Waals surface area contributed by atoms with Crippen LogP contribution in [0.4, 0.5) is 4.79 Å². The number of amides is 2. The number of urea groups is 1. The van der Waals surface area contributed by atoms with Crippen LogP contribution in [0.15, 0.2) is 5.51 Å². The number of carbonyl (C=O) groups is 1. The number of hydrogen-bond donors (Lipinski definition) is 1. The summed E-state index contributed by atoms with van der Waals surface area (Å²) < 4.78 is 5.41. The van der Waals surface area contributed by atoms with Gasteiger partial charge in [0.25, 0.3) is 0 Å². The van der Waals surface area contributed by atoms with Gasteiger partial charge in [-0.3, -0.25) is 4.90 Å². The Hall–Kier alpha value is -1.18. The van der Waals surface area contributed by atoms with Crippen molar-refractivity contribution in [1.29, 1.82) is 0 Å². The Balaban J connectivity index is 1.44. The molecule has 1 unspecified atom stereocenters. The van der Waals surface area contributed by atoms with Crippen molar-refractivity contribution in [3.63, 3.8) is 0 Å². The standard InChI is InChI=1S/C18H30N4O2S/c1-15-17(25-14-20-15)5-7-19-18(23)22-8-3-2-4-16(22)6-9-21-10-12-24-13-11-21/h14,16H,2-13H2,1H3,(H,19,23). The number of carbonyl (C=O) groups excluding carboxylic acids is 1.